The zero-order valence-corrected chi connectivity index (χ0v) is 18.7. The van der Waals surface area contributed by atoms with Crippen molar-refractivity contribution in [3.63, 3.8) is 0 Å². The third-order valence-corrected chi connectivity index (χ3v) is 7.07. The second-order valence-electron chi connectivity index (χ2n) is 7.50. The van der Waals surface area contributed by atoms with Gasteiger partial charge in [0.15, 0.2) is 0 Å². The molecule has 0 aromatic heterocycles. The number of rotatable bonds is 1. The normalized spacial score (nSPS) is 30.3. The van der Waals surface area contributed by atoms with E-state index in [2.05, 4.69) is 16.0 Å². The van der Waals surface area contributed by atoms with E-state index < -0.39 is 48.0 Å². The molecule has 0 aromatic rings. The number of nitrogens with one attached hydrogen (secondary N) is 3. The Kier molecular flexibility index (Phi) is 9.99. The number of hydrogen-bond donors (Lipinski definition) is 4. The van der Waals surface area contributed by atoms with Gasteiger partial charge < -0.3 is 25.8 Å². The van der Waals surface area contributed by atoms with E-state index in [0.717, 1.165) is 5.75 Å². The molecule has 3 amide bonds. The van der Waals surface area contributed by atoms with Crippen LogP contribution >= 0.6 is 21.6 Å². The molecular weight excluding hydrogens is 430 g/mol. The van der Waals surface area contributed by atoms with Crippen LogP contribution in [0.2, 0.25) is 0 Å². The molecule has 0 saturated carbocycles. The molecule has 9 nitrogen and oxygen atoms in total. The number of ether oxygens (including phenoxy) is 1. The van der Waals surface area contributed by atoms with Crippen molar-refractivity contribution in [3.8, 4) is 0 Å². The number of carbonyl (C=O) groups is 4. The molecular formula is C19H29N3O6S2. The van der Waals surface area contributed by atoms with Crippen LogP contribution in [0.5, 0.6) is 0 Å². The molecule has 2 bridgehead atoms. The Labute approximate surface area is 183 Å². The first-order valence-corrected chi connectivity index (χ1v) is 12.4. The first kappa shape index (κ1) is 24.5. The summed E-state index contributed by atoms with van der Waals surface area (Å²) in [6.07, 6.45) is 1.75. The van der Waals surface area contributed by atoms with Gasteiger partial charge in [0, 0.05) is 11.5 Å². The van der Waals surface area contributed by atoms with Gasteiger partial charge in [0.2, 0.25) is 17.7 Å². The average molecular weight is 460 g/mol. The average Bonchev–Trinajstić information content (AvgIpc) is 2.67. The molecule has 0 unspecified atom stereocenters. The fraction of sp³-hybridized carbons (Fsp3) is 0.684. The number of aliphatic hydroxyl groups excluding tert-OH is 1. The molecule has 0 aliphatic carbocycles. The smallest absolute Gasteiger partial charge is 0.309 e. The predicted octanol–water partition coefficient (Wildman–Crippen LogP) is 0.136. The zero-order valence-electron chi connectivity index (χ0n) is 17.1. The van der Waals surface area contributed by atoms with Gasteiger partial charge in [-0.15, -0.1) is 0 Å². The molecule has 0 aromatic carbocycles. The summed E-state index contributed by atoms with van der Waals surface area (Å²) in [6.45, 7) is 3.34. The van der Waals surface area contributed by atoms with Gasteiger partial charge in [-0.05, 0) is 18.4 Å². The summed E-state index contributed by atoms with van der Waals surface area (Å²) in [4.78, 5) is 49.7. The molecule has 2 rings (SSSR count). The molecule has 0 radical (unpaired) electrons. The summed E-state index contributed by atoms with van der Waals surface area (Å²) in [7, 11) is 3.02. The summed E-state index contributed by atoms with van der Waals surface area (Å²) < 4.78 is 5.39. The van der Waals surface area contributed by atoms with Crippen LogP contribution in [0, 0.1) is 5.92 Å². The Morgan fingerprint density at radius 1 is 1.10 bits per heavy atom. The third kappa shape index (κ3) is 8.19. The molecule has 168 valence electrons. The Bertz CT molecular complexity index is 673. The van der Waals surface area contributed by atoms with Gasteiger partial charge in [-0.1, -0.05) is 41.5 Å². The first-order chi connectivity index (χ1) is 14.3. The first-order valence-electron chi connectivity index (χ1n) is 9.91. The number of allylic oxidation sites excluding steroid dienone is 1. The summed E-state index contributed by atoms with van der Waals surface area (Å²) in [5.74, 6) is -1.15. The van der Waals surface area contributed by atoms with Crippen LogP contribution in [-0.2, 0) is 23.9 Å². The Morgan fingerprint density at radius 2 is 1.87 bits per heavy atom. The minimum atomic E-state index is -1.17. The van der Waals surface area contributed by atoms with E-state index in [9.17, 15) is 24.3 Å². The van der Waals surface area contributed by atoms with Gasteiger partial charge in [-0.25, -0.2) is 0 Å². The van der Waals surface area contributed by atoms with Crippen LogP contribution < -0.4 is 16.0 Å². The van der Waals surface area contributed by atoms with E-state index in [0.29, 0.717) is 12.2 Å². The predicted molar refractivity (Wildman–Crippen MR) is 116 cm³/mol. The number of esters is 1. The maximum absolute atomic E-state index is 12.9. The van der Waals surface area contributed by atoms with E-state index in [1.54, 1.807) is 16.9 Å². The number of carbonyl (C=O) groups excluding carboxylic acids is 4. The number of amides is 3. The largest absolute Gasteiger partial charge is 0.457 e. The third-order valence-electron chi connectivity index (χ3n) is 4.62. The topological polar surface area (TPSA) is 134 Å². The lowest BCUT2D eigenvalue weighted by atomic mass is 9.96. The van der Waals surface area contributed by atoms with Crippen molar-refractivity contribution in [2.24, 2.45) is 5.92 Å². The minimum absolute atomic E-state index is 0.137. The molecule has 2 aliphatic heterocycles. The van der Waals surface area contributed by atoms with Gasteiger partial charge in [0.05, 0.1) is 31.5 Å². The lowest BCUT2D eigenvalue weighted by Crippen LogP contribution is -2.56. The number of aliphatic hydroxyl groups is 1. The van der Waals surface area contributed by atoms with Crippen LogP contribution in [-0.4, -0.2) is 71.1 Å². The second-order valence-corrected chi connectivity index (χ2v) is 10.1. The van der Waals surface area contributed by atoms with Crippen LogP contribution in [0.15, 0.2) is 12.2 Å². The van der Waals surface area contributed by atoms with Gasteiger partial charge in [-0.3, -0.25) is 19.2 Å². The molecule has 1 fully saturated rings. The quantitative estimate of drug-likeness (QED) is 0.247. The van der Waals surface area contributed by atoms with Gasteiger partial charge in [-0.2, -0.15) is 0 Å². The van der Waals surface area contributed by atoms with Crippen molar-refractivity contribution in [2.75, 3.05) is 18.1 Å². The van der Waals surface area contributed by atoms with Crippen molar-refractivity contribution in [1.82, 2.24) is 16.0 Å². The van der Waals surface area contributed by atoms with Gasteiger partial charge in [0.1, 0.15) is 12.1 Å². The summed E-state index contributed by atoms with van der Waals surface area (Å²) in [6, 6.07) is -1.54. The standard InChI is InChI=1S/C19H29N3O6S2/c1-11(2)18-14(23)8-17(26)28-12-5-3-4-6-29-30-10-13(19(27)22-18)21-16(25)9-20-15(24)7-12/h3,5,11-14,18,23H,4,6-10H2,1-2H3,(H,20,24)(H,21,25)(H,22,27)/t12-,13-,14+,18-/m1/s1. The van der Waals surface area contributed by atoms with E-state index in [-0.39, 0.29) is 25.3 Å². The van der Waals surface area contributed by atoms with Crippen molar-refractivity contribution in [3.05, 3.63) is 12.2 Å². The van der Waals surface area contributed by atoms with E-state index in [1.807, 2.05) is 19.9 Å². The number of fused-ring (bicyclic) bond motifs is 7. The van der Waals surface area contributed by atoms with Crippen molar-refractivity contribution < 1.29 is 29.0 Å². The zero-order chi connectivity index (χ0) is 22.1. The van der Waals surface area contributed by atoms with Crippen molar-refractivity contribution in [2.45, 2.75) is 57.4 Å². The maximum Gasteiger partial charge on any atom is 0.309 e. The van der Waals surface area contributed by atoms with E-state index in [1.165, 1.54) is 10.8 Å². The molecule has 1 saturated heterocycles. The monoisotopic (exact) mass is 459 g/mol. The molecule has 4 atom stereocenters. The summed E-state index contributed by atoms with van der Waals surface area (Å²) >= 11 is 0. The Balaban J connectivity index is 2.36. The molecule has 0 spiro atoms. The Hall–Kier alpha value is -1.72. The van der Waals surface area contributed by atoms with Crippen LogP contribution in [0.25, 0.3) is 0 Å². The number of hydrogen-bond acceptors (Lipinski definition) is 8. The fourth-order valence-electron chi connectivity index (χ4n) is 3.04. The fourth-order valence-corrected chi connectivity index (χ4v) is 5.19. The van der Waals surface area contributed by atoms with Gasteiger partial charge >= 0.3 is 5.97 Å². The molecule has 4 N–H and O–H groups in total. The maximum atomic E-state index is 12.9. The van der Waals surface area contributed by atoms with E-state index >= 15 is 0 Å². The summed E-state index contributed by atoms with van der Waals surface area (Å²) in [5.41, 5.74) is 0. The second kappa shape index (κ2) is 12.2. The van der Waals surface area contributed by atoms with Crippen molar-refractivity contribution in [1.29, 1.82) is 0 Å². The highest BCUT2D eigenvalue weighted by molar-refractivity contribution is 8.76. The lowest BCUT2D eigenvalue weighted by molar-refractivity contribution is -0.151. The van der Waals surface area contributed by atoms with Crippen LogP contribution in [0.3, 0.4) is 0 Å². The molecule has 30 heavy (non-hydrogen) atoms. The highest BCUT2D eigenvalue weighted by Gasteiger charge is 2.31. The van der Waals surface area contributed by atoms with Crippen LogP contribution in [0.4, 0.5) is 0 Å². The summed E-state index contributed by atoms with van der Waals surface area (Å²) in [5, 5.41) is 18.5. The molecule has 11 heteroatoms. The van der Waals surface area contributed by atoms with Crippen molar-refractivity contribution >= 4 is 45.3 Å². The highest BCUT2D eigenvalue weighted by atomic mass is 33.1. The lowest BCUT2D eigenvalue weighted by Gasteiger charge is -2.29. The van der Waals surface area contributed by atoms with Gasteiger partial charge in [0.25, 0.3) is 0 Å². The molecule has 2 heterocycles. The van der Waals surface area contributed by atoms with E-state index in [4.69, 9.17) is 4.74 Å². The molecule has 2 aliphatic rings. The minimum Gasteiger partial charge on any atom is -0.457 e. The Morgan fingerprint density at radius 3 is 2.60 bits per heavy atom. The highest BCUT2D eigenvalue weighted by Crippen LogP contribution is 2.24. The SMILES string of the molecule is CC(C)[C@H]1NC(=O)[C@H]2CSSCCC=C[C@H](CC(=O)NCC(=O)N2)OC(=O)C[C@@H]1O. The van der Waals surface area contributed by atoms with Crippen LogP contribution in [0.1, 0.15) is 33.1 Å².